The summed E-state index contributed by atoms with van der Waals surface area (Å²) in [6, 6.07) is 9.95. The minimum Gasteiger partial charge on any atom is -0.468 e. The van der Waals surface area contributed by atoms with Crippen LogP contribution in [-0.2, 0) is 5.75 Å². The number of furan rings is 1. The summed E-state index contributed by atoms with van der Waals surface area (Å²) in [4.78, 5) is 12.3. The van der Waals surface area contributed by atoms with Gasteiger partial charge in [0.25, 0.3) is 0 Å². The van der Waals surface area contributed by atoms with Crippen molar-refractivity contribution in [2.24, 2.45) is 0 Å². The largest absolute Gasteiger partial charge is 0.468 e. The summed E-state index contributed by atoms with van der Waals surface area (Å²) in [7, 11) is 0. The molecule has 0 bridgehead atoms. The first-order valence-corrected chi connectivity index (χ1v) is 9.92. The van der Waals surface area contributed by atoms with E-state index in [9.17, 15) is 4.79 Å². The first-order valence-electron chi connectivity index (χ1n) is 8.76. The van der Waals surface area contributed by atoms with Crippen LogP contribution in [0.4, 0.5) is 10.5 Å². The average Bonchev–Trinajstić information content (AvgIpc) is 3.07. The highest BCUT2D eigenvalue weighted by Crippen LogP contribution is 2.32. The fourth-order valence-electron chi connectivity index (χ4n) is 2.66. The van der Waals surface area contributed by atoms with Gasteiger partial charge in [-0.25, -0.2) is 4.79 Å². The Balaban J connectivity index is 1.87. The number of thioether (sulfide) groups is 1. The van der Waals surface area contributed by atoms with Crippen molar-refractivity contribution in [3.05, 3.63) is 53.5 Å². The Morgan fingerprint density at radius 3 is 2.32 bits per heavy atom. The Morgan fingerprint density at radius 1 is 1.08 bits per heavy atom. The van der Waals surface area contributed by atoms with Crippen LogP contribution in [0.5, 0.6) is 0 Å². The second-order valence-electron chi connectivity index (χ2n) is 6.63. The summed E-state index contributed by atoms with van der Waals surface area (Å²) in [5, 5.41) is 6.01. The number of benzene rings is 1. The molecule has 2 aromatic rings. The molecular formula is C20H28N2O2S. The van der Waals surface area contributed by atoms with Crippen LogP contribution in [0.3, 0.4) is 0 Å². The minimum atomic E-state index is -0.145. The molecular weight excluding hydrogens is 332 g/mol. The van der Waals surface area contributed by atoms with Crippen LogP contribution in [0.1, 0.15) is 56.4 Å². The Labute approximate surface area is 154 Å². The number of rotatable bonds is 8. The monoisotopic (exact) mass is 360 g/mol. The number of carbonyl (C=O) groups is 1. The molecule has 0 aliphatic rings. The summed E-state index contributed by atoms with van der Waals surface area (Å²) in [6.45, 7) is 9.21. The molecule has 5 heteroatoms. The van der Waals surface area contributed by atoms with Crippen LogP contribution in [0, 0.1) is 0 Å². The number of hydrogen-bond acceptors (Lipinski definition) is 3. The molecule has 0 aliphatic heterocycles. The lowest BCUT2D eigenvalue weighted by Crippen LogP contribution is -2.31. The number of anilines is 1. The van der Waals surface area contributed by atoms with Crippen molar-refractivity contribution >= 4 is 23.5 Å². The lowest BCUT2D eigenvalue weighted by atomic mass is 9.93. The molecule has 25 heavy (non-hydrogen) atoms. The van der Waals surface area contributed by atoms with Crippen molar-refractivity contribution in [2.45, 2.75) is 45.3 Å². The molecule has 0 spiro atoms. The number of amides is 2. The van der Waals surface area contributed by atoms with Gasteiger partial charge in [0, 0.05) is 18.0 Å². The molecule has 0 saturated carbocycles. The van der Waals surface area contributed by atoms with Gasteiger partial charge in [-0.15, -0.1) is 0 Å². The molecule has 0 saturated heterocycles. The van der Waals surface area contributed by atoms with E-state index >= 15 is 0 Å². The van der Waals surface area contributed by atoms with Gasteiger partial charge >= 0.3 is 6.03 Å². The fourth-order valence-corrected chi connectivity index (χ4v) is 3.41. The van der Waals surface area contributed by atoms with Gasteiger partial charge in [-0.05, 0) is 35.1 Å². The summed E-state index contributed by atoms with van der Waals surface area (Å²) in [5.41, 5.74) is 3.30. The normalized spacial score (nSPS) is 11.1. The maximum Gasteiger partial charge on any atom is 0.319 e. The molecule has 1 aromatic carbocycles. The predicted octanol–water partition coefficient (Wildman–Crippen LogP) is 5.58. The van der Waals surface area contributed by atoms with Crippen LogP contribution in [0.15, 0.2) is 41.0 Å². The van der Waals surface area contributed by atoms with Gasteiger partial charge in [0.15, 0.2) is 0 Å². The maximum absolute atomic E-state index is 12.3. The summed E-state index contributed by atoms with van der Waals surface area (Å²) >= 11 is 1.74. The van der Waals surface area contributed by atoms with Gasteiger partial charge in [0.05, 0.1) is 12.0 Å². The van der Waals surface area contributed by atoms with Crippen LogP contribution in [0.25, 0.3) is 0 Å². The molecule has 0 unspecified atom stereocenters. The van der Waals surface area contributed by atoms with Gasteiger partial charge in [0.2, 0.25) is 0 Å². The lowest BCUT2D eigenvalue weighted by molar-refractivity contribution is 0.252. The first kappa shape index (κ1) is 19.4. The number of urea groups is 1. The van der Waals surface area contributed by atoms with E-state index in [1.165, 1.54) is 11.1 Å². The quantitative estimate of drug-likeness (QED) is 0.604. The summed E-state index contributed by atoms with van der Waals surface area (Å²) < 4.78 is 5.29. The van der Waals surface area contributed by atoms with E-state index in [4.69, 9.17) is 4.42 Å². The molecule has 4 nitrogen and oxygen atoms in total. The van der Waals surface area contributed by atoms with Gasteiger partial charge in [-0.3, -0.25) is 0 Å². The molecule has 2 N–H and O–H groups in total. The van der Waals surface area contributed by atoms with Gasteiger partial charge < -0.3 is 15.1 Å². The molecule has 2 amide bonds. The van der Waals surface area contributed by atoms with Crippen LogP contribution >= 0.6 is 11.8 Å². The van der Waals surface area contributed by atoms with E-state index in [0.717, 1.165) is 23.0 Å². The Morgan fingerprint density at radius 2 is 1.76 bits per heavy atom. The molecule has 0 fully saturated rings. The van der Waals surface area contributed by atoms with E-state index in [2.05, 4.69) is 56.5 Å². The molecule has 1 heterocycles. The highest BCUT2D eigenvalue weighted by atomic mass is 32.2. The zero-order valence-corrected chi connectivity index (χ0v) is 16.3. The van der Waals surface area contributed by atoms with Crippen LogP contribution in [0.2, 0.25) is 0 Å². The minimum absolute atomic E-state index is 0.145. The molecule has 136 valence electrons. The predicted molar refractivity (Wildman–Crippen MR) is 107 cm³/mol. The second-order valence-corrected chi connectivity index (χ2v) is 7.74. The number of carbonyl (C=O) groups excluding carboxylic acids is 1. The third-order valence-electron chi connectivity index (χ3n) is 3.97. The van der Waals surface area contributed by atoms with E-state index in [0.29, 0.717) is 18.4 Å². The zero-order valence-electron chi connectivity index (χ0n) is 15.5. The first-order chi connectivity index (χ1) is 12.0. The Hall–Kier alpha value is -1.88. The Bertz CT molecular complexity index is 640. The summed E-state index contributed by atoms with van der Waals surface area (Å²) in [6.07, 6.45) is 1.68. The van der Waals surface area contributed by atoms with Gasteiger partial charge in [-0.1, -0.05) is 45.9 Å². The van der Waals surface area contributed by atoms with Crippen LogP contribution in [-0.4, -0.2) is 18.3 Å². The number of para-hydroxylation sites is 1. The smallest absolute Gasteiger partial charge is 0.319 e. The molecule has 1 aromatic heterocycles. The lowest BCUT2D eigenvalue weighted by Gasteiger charge is -2.20. The van der Waals surface area contributed by atoms with Crippen molar-refractivity contribution in [1.29, 1.82) is 0 Å². The van der Waals surface area contributed by atoms with E-state index in [1.807, 2.05) is 12.1 Å². The van der Waals surface area contributed by atoms with E-state index in [-0.39, 0.29) is 6.03 Å². The third kappa shape index (κ3) is 5.85. The average molecular weight is 361 g/mol. The zero-order chi connectivity index (χ0) is 18.2. The SMILES string of the molecule is CC(C)c1cccc(C(C)C)c1NC(=O)NCCSCc1ccco1. The van der Waals surface area contributed by atoms with Gasteiger partial charge in [0.1, 0.15) is 5.76 Å². The summed E-state index contributed by atoms with van der Waals surface area (Å²) in [5.74, 6) is 3.35. The van der Waals surface area contributed by atoms with E-state index in [1.54, 1.807) is 18.0 Å². The fraction of sp³-hybridized carbons (Fsp3) is 0.450. The highest BCUT2D eigenvalue weighted by Gasteiger charge is 2.15. The Kier molecular flexibility index (Phi) is 7.44. The van der Waals surface area contributed by atoms with Crippen molar-refractivity contribution in [1.82, 2.24) is 5.32 Å². The number of hydrogen-bond donors (Lipinski definition) is 2. The third-order valence-corrected chi connectivity index (χ3v) is 4.95. The van der Waals surface area contributed by atoms with E-state index < -0.39 is 0 Å². The maximum atomic E-state index is 12.3. The standard InChI is InChI=1S/C20H28N2O2S/c1-14(2)17-8-5-9-18(15(3)4)19(17)22-20(23)21-10-12-25-13-16-7-6-11-24-16/h5-9,11,14-15H,10,12-13H2,1-4H3,(H2,21,22,23). The molecule has 0 aliphatic carbocycles. The molecule has 0 atom stereocenters. The molecule has 0 radical (unpaired) electrons. The van der Waals surface area contributed by atoms with Crippen molar-refractivity contribution in [2.75, 3.05) is 17.6 Å². The topological polar surface area (TPSA) is 54.3 Å². The molecule has 2 rings (SSSR count). The van der Waals surface area contributed by atoms with Crippen LogP contribution < -0.4 is 10.6 Å². The van der Waals surface area contributed by atoms with Crippen molar-refractivity contribution in [3.8, 4) is 0 Å². The van der Waals surface area contributed by atoms with Crippen molar-refractivity contribution < 1.29 is 9.21 Å². The highest BCUT2D eigenvalue weighted by molar-refractivity contribution is 7.98. The second kappa shape index (κ2) is 9.56. The van der Waals surface area contributed by atoms with Crippen molar-refractivity contribution in [3.63, 3.8) is 0 Å². The number of nitrogens with one attached hydrogen (secondary N) is 2. The van der Waals surface area contributed by atoms with Gasteiger partial charge in [-0.2, -0.15) is 11.8 Å².